The van der Waals surface area contributed by atoms with Crippen LogP contribution in [0.1, 0.15) is 37.3 Å². The number of esters is 1. The highest BCUT2D eigenvalue weighted by Gasteiger charge is 2.04. The number of carbonyl (C=O) groups excluding carboxylic acids is 1. The first-order chi connectivity index (χ1) is 14.0. The van der Waals surface area contributed by atoms with Crippen LogP contribution in [0.5, 0.6) is 5.75 Å². The Hall–Kier alpha value is -3.67. The molecular formula is C23H22N2O4. The van der Waals surface area contributed by atoms with Gasteiger partial charge < -0.3 is 14.7 Å². The smallest absolute Gasteiger partial charge is 0.311 e. The second kappa shape index (κ2) is 9.50. The van der Waals surface area contributed by atoms with Gasteiger partial charge in [-0.3, -0.25) is 14.4 Å². The number of nitrogens with one attached hydrogen (secondary N) is 2. The number of hydrogen-bond acceptors (Lipinski definition) is 4. The van der Waals surface area contributed by atoms with E-state index in [4.69, 9.17) is 4.74 Å². The molecule has 0 aliphatic carbocycles. The first-order valence-electron chi connectivity index (χ1n) is 9.47. The number of aromatic amines is 2. The summed E-state index contributed by atoms with van der Waals surface area (Å²) >= 11 is 0. The molecule has 3 aromatic rings. The van der Waals surface area contributed by atoms with E-state index in [-0.39, 0.29) is 22.2 Å². The van der Waals surface area contributed by atoms with Gasteiger partial charge in [-0.2, -0.15) is 0 Å². The molecule has 0 saturated carbocycles. The molecular weight excluding hydrogens is 368 g/mol. The molecule has 1 heterocycles. The highest BCUT2D eigenvalue weighted by atomic mass is 16.5. The lowest BCUT2D eigenvalue weighted by Crippen LogP contribution is -2.46. The highest BCUT2D eigenvalue weighted by molar-refractivity contribution is 5.72. The molecule has 0 aliphatic rings. The number of benzene rings is 2. The van der Waals surface area contributed by atoms with Gasteiger partial charge in [0.2, 0.25) is 0 Å². The summed E-state index contributed by atoms with van der Waals surface area (Å²) in [7, 11) is 0. The summed E-state index contributed by atoms with van der Waals surface area (Å²) in [5.74, 6) is 0.174. The molecule has 1 aromatic heterocycles. The molecule has 148 valence electrons. The van der Waals surface area contributed by atoms with Gasteiger partial charge in [0, 0.05) is 6.42 Å². The number of ether oxygens (including phenoxy) is 1. The van der Waals surface area contributed by atoms with Crippen molar-refractivity contribution in [3.05, 3.63) is 97.1 Å². The van der Waals surface area contributed by atoms with E-state index >= 15 is 0 Å². The summed E-state index contributed by atoms with van der Waals surface area (Å²) in [6.07, 6.45) is 5.28. The van der Waals surface area contributed by atoms with Crippen LogP contribution in [-0.2, 0) is 4.79 Å². The zero-order valence-corrected chi connectivity index (χ0v) is 16.1. The van der Waals surface area contributed by atoms with Crippen molar-refractivity contribution in [2.75, 3.05) is 0 Å². The van der Waals surface area contributed by atoms with Crippen LogP contribution in [0.15, 0.2) is 64.2 Å². The van der Waals surface area contributed by atoms with Gasteiger partial charge in [0.15, 0.2) is 0 Å². The van der Waals surface area contributed by atoms with E-state index < -0.39 is 5.56 Å². The van der Waals surface area contributed by atoms with Crippen LogP contribution in [0, 0.1) is 0 Å². The molecule has 0 aliphatic heterocycles. The summed E-state index contributed by atoms with van der Waals surface area (Å²) in [6, 6.07) is 16.0. The van der Waals surface area contributed by atoms with E-state index in [1.807, 2.05) is 37.3 Å². The molecule has 0 radical (unpaired) electrons. The fraction of sp³-hybridized carbons (Fsp3) is 0.174. The zero-order chi connectivity index (χ0) is 20.6. The van der Waals surface area contributed by atoms with Crippen LogP contribution in [0.4, 0.5) is 0 Å². The van der Waals surface area contributed by atoms with Gasteiger partial charge >= 0.3 is 5.97 Å². The third kappa shape index (κ3) is 5.65. The lowest BCUT2D eigenvalue weighted by molar-refractivity contribution is -0.134. The lowest BCUT2D eigenvalue weighted by atomic mass is 10.2. The predicted octanol–water partition coefficient (Wildman–Crippen LogP) is 1.82. The van der Waals surface area contributed by atoms with Crippen molar-refractivity contribution in [1.82, 2.24) is 9.97 Å². The number of carbonyl (C=O) groups is 1. The fourth-order valence-electron chi connectivity index (χ4n) is 2.71. The maximum absolute atomic E-state index is 12.4. The van der Waals surface area contributed by atoms with E-state index in [9.17, 15) is 14.4 Å². The van der Waals surface area contributed by atoms with E-state index in [1.165, 1.54) is 0 Å². The van der Waals surface area contributed by atoms with Crippen molar-refractivity contribution in [1.29, 1.82) is 0 Å². The Morgan fingerprint density at radius 3 is 1.97 bits per heavy atom. The van der Waals surface area contributed by atoms with E-state index in [2.05, 4.69) is 9.97 Å². The first kappa shape index (κ1) is 20.1. The van der Waals surface area contributed by atoms with Gasteiger partial charge in [-0.15, -0.1) is 0 Å². The number of unbranched alkanes of at least 4 members (excludes halogenated alkanes) is 1. The second-order valence-corrected chi connectivity index (χ2v) is 6.58. The van der Waals surface area contributed by atoms with Gasteiger partial charge in [-0.25, -0.2) is 0 Å². The van der Waals surface area contributed by atoms with Crippen molar-refractivity contribution in [2.24, 2.45) is 0 Å². The van der Waals surface area contributed by atoms with Crippen molar-refractivity contribution >= 4 is 18.1 Å². The van der Waals surface area contributed by atoms with Crippen molar-refractivity contribution < 1.29 is 9.53 Å². The van der Waals surface area contributed by atoms with Gasteiger partial charge in [-0.1, -0.05) is 55.8 Å². The molecule has 2 N–H and O–H groups in total. The quantitative estimate of drug-likeness (QED) is 0.496. The zero-order valence-electron chi connectivity index (χ0n) is 16.1. The molecule has 3 rings (SSSR count). The van der Waals surface area contributed by atoms with Crippen LogP contribution >= 0.6 is 0 Å². The molecule has 29 heavy (non-hydrogen) atoms. The minimum absolute atomic E-state index is 0.146. The number of hydrogen-bond donors (Lipinski definition) is 2. The first-order valence-corrected chi connectivity index (χ1v) is 9.47. The third-order valence-corrected chi connectivity index (χ3v) is 4.25. The van der Waals surface area contributed by atoms with E-state index in [0.717, 1.165) is 18.4 Å². The maximum Gasteiger partial charge on any atom is 0.311 e. The Morgan fingerprint density at radius 1 is 0.862 bits per heavy atom. The standard InChI is InChI=1S/C23H22N2O4/c1-2-3-9-21(26)29-18-12-10-17(11-13-18)15-20-23(28)24-19(22(27)25-20)14-16-7-5-4-6-8-16/h4-8,10-15H,2-3,9H2,1H3,(H,24,28)(H,25,27). The third-order valence-electron chi connectivity index (χ3n) is 4.25. The van der Waals surface area contributed by atoms with E-state index in [0.29, 0.717) is 17.7 Å². The SMILES string of the molecule is CCCCC(=O)Oc1ccc(C=c2[nH]c(=O)c(=Cc3ccccc3)[nH]c2=O)cc1. The number of H-pyrrole nitrogens is 2. The number of rotatable bonds is 6. The minimum Gasteiger partial charge on any atom is -0.427 e. The average Bonchev–Trinajstić information content (AvgIpc) is 2.72. The molecule has 0 spiro atoms. The summed E-state index contributed by atoms with van der Waals surface area (Å²) in [5.41, 5.74) is 0.719. The van der Waals surface area contributed by atoms with Gasteiger partial charge in [0.25, 0.3) is 11.1 Å². The summed E-state index contributed by atoms with van der Waals surface area (Å²) in [5, 5.41) is 0.334. The molecule has 0 saturated heterocycles. The van der Waals surface area contributed by atoms with Crippen LogP contribution in [0.25, 0.3) is 12.2 Å². The topological polar surface area (TPSA) is 92.0 Å². The average molecular weight is 390 g/mol. The van der Waals surface area contributed by atoms with Crippen LogP contribution in [0.3, 0.4) is 0 Å². The van der Waals surface area contributed by atoms with Gasteiger partial charge in [0.1, 0.15) is 16.4 Å². The largest absolute Gasteiger partial charge is 0.427 e. The van der Waals surface area contributed by atoms with Crippen LogP contribution < -0.4 is 26.6 Å². The Kier molecular flexibility index (Phi) is 6.58. The molecule has 0 atom stereocenters. The lowest BCUT2D eigenvalue weighted by Gasteiger charge is -2.03. The monoisotopic (exact) mass is 390 g/mol. The molecule has 0 fully saturated rings. The molecule has 6 heteroatoms. The molecule has 0 bridgehead atoms. The summed E-state index contributed by atoms with van der Waals surface area (Å²) < 4.78 is 5.25. The molecule has 2 aromatic carbocycles. The Bertz CT molecular complexity index is 1210. The normalized spacial score (nSPS) is 12.2. The second-order valence-electron chi connectivity index (χ2n) is 6.58. The maximum atomic E-state index is 12.4. The van der Waals surface area contributed by atoms with Gasteiger partial charge in [0.05, 0.1) is 0 Å². The summed E-state index contributed by atoms with van der Waals surface area (Å²) in [4.78, 5) is 41.6. The van der Waals surface area contributed by atoms with Crippen LogP contribution in [-0.4, -0.2) is 15.9 Å². The van der Waals surface area contributed by atoms with Crippen LogP contribution in [0.2, 0.25) is 0 Å². The minimum atomic E-state index is -0.401. The van der Waals surface area contributed by atoms with E-state index in [1.54, 1.807) is 36.4 Å². The van der Waals surface area contributed by atoms with Crippen molar-refractivity contribution in [3.63, 3.8) is 0 Å². The van der Waals surface area contributed by atoms with Crippen molar-refractivity contribution in [3.8, 4) is 5.75 Å². The molecule has 0 unspecified atom stereocenters. The molecule has 0 amide bonds. The summed E-state index contributed by atoms with van der Waals surface area (Å²) in [6.45, 7) is 2.01. The number of aromatic nitrogens is 2. The Morgan fingerprint density at radius 2 is 1.41 bits per heavy atom. The van der Waals surface area contributed by atoms with Crippen molar-refractivity contribution in [2.45, 2.75) is 26.2 Å². The predicted molar refractivity (Wildman–Crippen MR) is 112 cm³/mol. The Balaban J connectivity index is 1.85. The fourth-order valence-corrected chi connectivity index (χ4v) is 2.71. The van der Waals surface area contributed by atoms with Gasteiger partial charge in [-0.05, 0) is 41.8 Å². The Labute approximate surface area is 167 Å². The highest BCUT2D eigenvalue weighted by Crippen LogP contribution is 2.13. The molecule has 6 nitrogen and oxygen atoms in total.